The molecule has 0 amide bonds. The van der Waals surface area contributed by atoms with Crippen LogP contribution >= 0.6 is 11.3 Å². The Labute approximate surface area is 142 Å². The first-order valence-electron chi connectivity index (χ1n) is 8.35. The van der Waals surface area contributed by atoms with Crippen LogP contribution in [0.15, 0.2) is 30.3 Å². The summed E-state index contributed by atoms with van der Waals surface area (Å²) < 4.78 is 5.47. The Kier molecular flexibility index (Phi) is 5.51. The van der Waals surface area contributed by atoms with Crippen molar-refractivity contribution >= 4 is 21.5 Å². The van der Waals surface area contributed by atoms with Gasteiger partial charge in [0, 0.05) is 19.6 Å². The fourth-order valence-electron chi connectivity index (χ4n) is 2.73. The van der Waals surface area contributed by atoms with Crippen LogP contribution < -0.4 is 10.2 Å². The van der Waals surface area contributed by atoms with Crippen molar-refractivity contribution in [3.8, 4) is 0 Å². The summed E-state index contributed by atoms with van der Waals surface area (Å²) in [5.41, 5.74) is 2.56. The van der Waals surface area contributed by atoms with Gasteiger partial charge in [0.1, 0.15) is 5.00 Å². The SMILES string of the molecule is CC(C)c1nc(NCCc2ccccc2)sc1N1CCOCC1. The first-order valence-corrected chi connectivity index (χ1v) is 9.17. The van der Waals surface area contributed by atoms with Gasteiger partial charge in [-0.05, 0) is 17.9 Å². The molecule has 0 saturated carbocycles. The fraction of sp³-hybridized carbons (Fsp3) is 0.500. The van der Waals surface area contributed by atoms with E-state index in [9.17, 15) is 0 Å². The molecule has 1 N–H and O–H groups in total. The first kappa shape index (κ1) is 16.3. The summed E-state index contributed by atoms with van der Waals surface area (Å²) >= 11 is 1.78. The summed E-state index contributed by atoms with van der Waals surface area (Å²) in [6.07, 6.45) is 1.02. The van der Waals surface area contributed by atoms with Crippen LogP contribution in [0.4, 0.5) is 10.1 Å². The van der Waals surface area contributed by atoms with Gasteiger partial charge in [-0.3, -0.25) is 0 Å². The number of nitrogens with one attached hydrogen (secondary N) is 1. The molecule has 0 unspecified atom stereocenters. The molecule has 4 nitrogen and oxygen atoms in total. The van der Waals surface area contributed by atoms with E-state index < -0.39 is 0 Å². The standard InChI is InChI=1S/C18H25N3OS/c1-14(2)16-17(21-10-12-22-13-11-21)23-18(20-16)19-9-8-15-6-4-3-5-7-15/h3-7,14H,8-13H2,1-2H3,(H,19,20). The van der Waals surface area contributed by atoms with Gasteiger partial charge in [0.05, 0.1) is 18.9 Å². The number of nitrogens with zero attached hydrogens (tertiary/aromatic N) is 2. The van der Waals surface area contributed by atoms with Gasteiger partial charge >= 0.3 is 0 Å². The molecule has 1 aromatic carbocycles. The lowest BCUT2D eigenvalue weighted by Crippen LogP contribution is -2.36. The van der Waals surface area contributed by atoms with Gasteiger partial charge in [0.2, 0.25) is 0 Å². The van der Waals surface area contributed by atoms with Crippen LogP contribution in [0.5, 0.6) is 0 Å². The Balaban J connectivity index is 1.65. The van der Waals surface area contributed by atoms with E-state index in [1.807, 2.05) is 0 Å². The predicted molar refractivity (Wildman–Crippen MR) is 97.9 cm³/mol. The van der Waals surface area contributed by atoms with Crippen molar-refractivity contribution < 1.29 is 4.74 Å². The zero-order valence-electron chi connectivity index (χ0n) is 13.9. The van der Waals surface area contributed by atoms with Crippen LogP contribution in [-0.2, 0) is 11.2 Å². The summed E-state index contributed by atoms with van der Waals surface area (Å²) in [4.78, 5) is 7.26. The van der Waals surface area contributed by atoms with Crippen molar-refractivity contribution in [2.24, 2.45) is 0 Å². The second kappa shape index (κ2) is 7.79. The second-order valence-electron chi connectivity index (χ2n) is 6.13. The Hall–Kier alpha value is -1.59. The van der Waals surface area contributed by atoms with Crippen molar-refractivity contribution in [2.45, 2.75) is 26.2 Å². The number of morpholine rings is 1. The highest BCUT2D eigenvalue weighted by Gasteiger charge is 2.21. The highest BCUT2D eigenvalue weighted by molar-refractivity contribution is 7.19. The van der Waals surface area contributed by atoms with E-state index in [0.717, 1.165) is 44.4 Å². The number of anilines is 2. The maximum Gasteiger partial charge on any atom is 0.184 e. The summed E-state index contributed by atoms with van der Waals surface area (Å²) in [5.74, 6) is 0.439. The number of hydrogen-bond donors (Lipinski definition) is 1. The molecule has 1 aromatic heterocycles. The number of ether oxygens (including phenoxy) is 1. The minimum atomic E-state index is 0.439. The smallest absolute Gasteiger partial charge is 0.184 e. The van der Waals surface area contributed by atoms with Crippen LogP contribution in [0.25, 0.3) is 0 Å². The Bertz CT molecular complexity index is 606. The molecule has 0 bridgehead atoms. The molecular formula is C18H25N3OS. The molecule has 0 aliphatic carbocycles. The monoisotopic (exact) mass is 331 g/mol. The zero-order chi connectivity index (χ0) is 16.1. The van der Waals surface area contributed by atoms with Crippen molar-refractivity contribution in [3.05, 3.63) is 41.6 Å². The lowest BCUT2D eigenvalue weighted by atomic mass is 10.1. The van der Waals surface area contributed by atoms with Gasteiger partial charge in [-0.1, -0.05) is 55.5 Å². The lowest BCUT2D eigenvalue weighted by Gasteiger charge is -2.28. The van der Waals surface area contributed by atoms with Crippen LogP contribution in [0, 0.1) is 0 Å². The molecule has 124 valence electrons. The molecular weight excluding hydrogens is 306 g/mol. The summed E-state index contributed by atoms with van der Waals surface area (Å²) in [7, 11) is 0. The molecule has 0 radical (unpaired) electrons. The lowest BCUT2D eigenvalue weighted by molar-refractivity contribution is 0.123. The van der Waals surface area contributed by atoms with Crippen molar-refractivity contribution in [1.82, 2.24) is 4.98 Å². The highest BCUT2D eigenvalue weighted by Crippen LogP contribution is 2.36. The summed E-state index contributed by atoms with van der Waals surface area (Å²) in [6.45, 7) is 8.90. The number of thiazole rings is 1. The van der Waals surface area contributed by atoms with E-state index in [2.05, 4.69) is 54.4 Å². The molecule has 1 aliphatic rings. The van der Waals surface area contributed by atoms with Crippen molar-refractivity contribution in [1.29, 1.82) is 0 Å². The van der Waals surface area contributed by atoms with E-state index in [4.69, 9.17) is 9.72 Å². The molecule has 1 saturated heterocycles. The van der Waals surface area contributed by atoms with Gasteiger partial charge in [-0.15, -0.1) is 0 Å². The Morgan fingerprint density at radius 1 is 1.22 bits per heavy atom. The third-order valence-electron chi connectivity index (χ3n) is 4.01. The first-order chi connectivity index (χ1) is 11.2. The van der Waals surface area contributed by atoms with Gasteiger partial charge < -0.3 is 15.0 Å². The largest absolute Gasteiger partial charge is 0.378 e. The van der Waals surface area contributed by atoms with Crippen LogP contribution in [-0.4, -0.2) is 37.8 Å². The van der Waals surface area contributed by atoms with Crippen LogP contribution in [0.1, 0.15) is 31.0 Å². The highest BCUT2D eigenvalue weighted by atomic mass is 32.1. The average molecular weight is 331 g/mol. The average Bonchev–Trinajstić information content (AvgIpc) is 3.01. The normalized spacial score (nSPS) is 15.2. The van der Waals surface area contributed by atoms with Crippen molar-refractivity contribution in [3.63, 3.8) is 0 Å². The van der Waals surface area contributed by atoms with Gasteiger partial charge in [0.15, 0.2) is 5.13 Å². The van der Waals surface area contributed by atoms with E-state index in [1.165, 1.54) is 16.3 Å². The van der Waals surface area contributed by atoms with Gasteiger partial charge in [0.25, 0.3) is 0 Å². The van der Waals surface area contributed by atoms with E-state index >= 15 is 0 Å². The van der Waals surface area contributed by atoms with Crippen LogP contribution in [0.2, 0.25) is 0 Å². The van der Waals surface area contributed by atoms with Gasteiger partial charge in [-0.2, -0.15) is 0 Å². The van der Waals surface area contributed by atoms with Crippen LogP contribution in [0.3, 0.4) is 0 Å². The maximum absolute atomic E-state index is 5.47. The van der Waals surface area contributed by atoms with E-state index in [-0.39, 0.29) is 0 Å². The van der Waals surface area contributed by atoms with E-state index in [1.54, 1.807) is 11.3 Å². The number of benzene rings is 1. The Morgan fingerprint density at radius 2 is 1.96 bits per heavy atom. The number of aromatic nitrogens is 1. The third kappa shape index (κ3) is 4.24. The summed E-state index contributed by atoms with van der Waals surface area (Å²) in [5, 5.41) is 5.84. The fourth-order valence-corrected chi connectivity index (χ4v) is 3.93. The molecule has 1 aliphatic heterocycles. The molecule has 2 heterocycles. The number of rotatable bonds is 6. The molecule has 5 heteroatoms. The number of hydrogen-bond acceptors (Lipinski definition) is 5. The third-order valence-corrected chi connectivity index (χ3v) is 5.10. The van der Waals surface area contributed by atoms with Gasteiger partial charge in [-0.25, -0.2) is 4.98 Å². The molecule has 23 heavy (non-hydrogen) atoms. The molecule has 3 rings (SSSR count). The predicted octanol–water partition coefficient (Wildman–Crippen LogP) is 3.76. The minimum absolute atomic E-state index is 0.439. The van der Waals surface area contributed by atoms with E-state index in [0.29, 0.717) is 5.92 Å². The quantitative estimate of drug-likeness (QED) is 0.874. The second-order valence-corrected chi connectivity index (χ2v) is 7.10. The molecule has 2 aromatic rings. The molecule has 0 spiro atoms. The molecule has 0 atom stereocenters. The zero-order valence-corrected chi connectivity index (χ0v) is 14.7. The Morgan fingerprint density at radius 3 is 2.65 bits per heavy atom. The van der Waals surface area contributed by atoms with Crippen molar-refractivity contribution in [2.75, 3.05) is 43.1 Å². The minimum Gasteiger partial charge on any atom is -0.378 e. The summed E-state index contributed by atoms with van der Waals surface area (Å²) in [6, 6.07) is 10.6. The topological polar surface area (TPSA) is 37.4 Å². The molecule has 1 fully saturated rings. The maximum atomic E-state index is 5.47.